The van der Waals surface area contributed by atoms with E-state index in [0.29, 0.717) is 13.1 Å². The second-order valence-corrected chi connectivity index (χ2v) is 7.41. The van der Waals surface area contributed by atoms with E-state index in [1.54, 1.807) is 13.3 Å². The number of urea groups is 1. The van der Waals surface area contributed by atoms with Gasteiger partial charge in [-0.3, -0.25) is 4.98 Å². The third kappa shape index (κ3) is 3.14. The molecule has 0 unspecified atom stereocenters. The van der Waals surface area contributed by atoms with Crippen LogP contribution in [0.3, 0.4) is 0 Å². The molecule has 5 heteroatoms. The molecule has 1 spiro atoms. The number of carbonyl (C=O) groups is 1. The summed E-state index contributed by atoms with van der Waals surface area (Å²) in [6.07, 6.45) is 4.84. The Hall–Kier alpha value is -2.56. The van der Waals surface area contributed by atoms with E-state index in [0.717, 1.165) is 37.3 Å². The van der Waals surface area contributed by atoms with Crippen molar-refractivity contribution in [2.24, 2.45) is 0 Å². The van der Waals surface area contributed by atoms with Crippen molar-refractivity contribution < 1.29 is 9.53 Å². The lowest BCUT2D eigenvalue weighted by Gasteiger charge is -2.35. The van der Waals surface area contributed by atoms with Gasteiger partial charge in [0.05, 0.1) is 7.11 Å². The molecule has 2 aromatic rings. The third-order valence-corrected chi connectivity index (χ3v) is 5.64. The van der Waals surface area contributed by atoms with Crippen molar-refractivity contribution in [3.63, 3.8) is 0 Å². The van der Waals surface area contributed by atoms with Crippen molar-refractivity contribution in [1.29, 1.82) is 0 Å². The third-order valence-electron chi connectivity index (χ3n) is 5.64. The van der Waals surface area contributed by atoms with Crippen LogP contribution in [0.4, 0.5) is 4.79 Å². The summed E-state index contributed by atoms with van der Waals surface area (Å²) >= 11 is 0. The van der Waals surface area contributed by atoms with Gasteiger partial charge in [-0.05, 0) is 54.7 Å². The molecule has 1 aliphatic heterocycles. The number of ether oxygens (including phenoxy) is 1. The van der Waals surface area contributed by atoms with E-state index in [1.807, 2.05) is 17.0 Å². The first-order valence-corrected chi connectivity index (χ1v) is 9.22. The summed E-state index contributed by atoms with van der Waals surface area (Å²) < 4.78 is 5.38. The van der Waals surface area contributed by atoms with Crippen LogP contribution in [-0.2, 0) is 18.4 Å². The molecular weight excluding hydrogens is 326 g/mol. The van der Waals surface area contributed by atoms with Crippen LogP contribution in [0.2, 0.25) is 0 Å². The molecule has 4 rings (SSSR count). The number of benzene rings is 1. The van der Waals surface area contributed by atoms with Gasteiger partial charge in [0.1, 0.15) is 5.75 Å². The maximum atomic E-state index is 12.7. The minimum Gasteiger partial charge on any atom is -0.497 e. The number of hydrogen-bond acceptors (Lipinski definition) is 3. The van der Waals surface area contributed by atoms with E-state index in [4.69, 9.17) is 4.74 Å². The van der Waals surface area contributed by atoms with Crippen LogP contribution in [0.5, 0.6) is 5.75 Å². The van der Waals surface area contributed by atoms with Crippen LogP contribution < -0.4 is 10.1 Å². The largest absolute Gasteiger partial charge is 0.497 e. The number of aromatic nitrogens is 1. The Labute approximate surface area is 154 Å². The number of aryl methyl sites for hydroxylation is 1. The lowest BCUT2D eigenvalue weighted by molar-refractivity contribution is 0.183. The highest BCUT2D eigenvalue weighted by Crippen LogP contribution is 2.53. The summed E-state index contributed by atoms with van der Waals surface area (Å²) in [5, 5.41) is 3.07. The number of methoxy groups -OCH3 is 1. The van der Waals surface area contributed by atoms with Crippen LogP contribution in [0, 0.1) is 6.92 Å². The highest BCUT2D eigenvalue weighted by atomic mass is 16.5. The smallest absolute Gasteiger partial charge is 0.317 e. The fraction of sp³-hybridized carbons (Fsp3) is 0.429. The molecule has 1 aliphatic carbocycles. The molecule has 1 aromatic heterocycles. The maximum absolute atomic E-state index is 12.7. The molecule has 136 valence electrons. The molecule has 2 amide bonds. The lowest BCUT2D eigenvalue weighted by Crippen LogP contribution is -2.47. The summed E-state index contributed by atoms with van der Waals surface area (Å²) in [6.45, 7) is 4.11. The van der Waals surface area contributed by atoms with Gasteiger partial charge >= 0.3 is 6.03 Å². The fourth-order valence-corrected chi connectivity index (χ4v) is 3.93. The number of amides is 2. The molecular formula is C21H25N3O2. The standard InChI is InChI=1S/C21H25N3O2/c1-15-4-3-10-22-19(15)7-11-23-20(25)24-13-16-5-6-17(26-2)12-18(16)21(14-24)8-9-21/h3-6,10,12H,7-9,11,13-14H2,1-2H3,(H,23,25). The van der Waals surface area contributed by atoms with Crippen LogP contribution >= 0.6 is 0 Å². The first-order chi connectivity index (χ1) is 12.6. The average Bonchev–Trinajstić information content (AvgIpc) is 3.43. The van der Waals surface area contributed by atoms with E-state index >= 15 is 0 Å². The number of nitrogens with zero attached hydrogens (tertiary/aromatic N) is 2. The van der Waals surface area contributed by atoms with E-state index < -0.39 is 0 Å². The summed E-state index contributed by atoms with van der Waals surface area (Å²) in [5.41, 5.74) is 4.95. The van der Waals surface area contributed by atoms with E-state index in [1.165, 1.54) is 16.7 Å². The van der Waals surface area contributed by atoms with E-state index in [-0.39, 0.29) is 11.4 Å². The minimum atomic E-state index is 0.0197. The molecule has 1 fully saturated rings. The zero-order chi connectivity index (χ0) is 18.1. The number of nitrogens with one attached hydrogen (secondary N) is 1. The Morgan fingerprint density at radius 3 is 2.92 bits per heavy atom. The second-order valence-electron chi connectivity index (χ2n) is 7.41. The highest BCUT2D eigenvalue weighted by Gasteiger charge is 2.50. The molecule has 1 N–H and O–H groups in total. The normalized spacial score (nSPS) is 16.9. The predicted octanol–water partition coefficient (Wildman–Crippen LogP) is 3.20. The molecule has 2 heterocycles. The SMILES string of the molecule is COc1ccc2c(c1)C1(CC1)CN(C(=O)NCCc1ncccc1C)C2. The topological polar surface area (TPSA) is 54.5 Å². The van der Waals surface area contributed by atoms with Crippen molar-refractivity contribution in [2.45, 2.75) is 38.1 Å². The van der Waals surface area contributed by atoms with Crippen molar-refractivity contribution in [2.75, 3.05) is 20.2 Å². The Morgan fingerprint density at radius 1 is 1.35 bits per heavy atom. The zero-order valence-electron chi connectivity index (χ0n) is 15.4. The van der Waals surface area contributed by atoms with Gasteiger partial charge in [-0.15, -0.1) is 0 Å². The number of rotatable bonds is 4. The summed E-state index contributed by atoms with van der Waals surface area (Å²) in [4.78, 5) is 19.0. The Kier molecular flexibility index (Phi) is 4.31. The number of pyridine rings is 1. The monoisotopic (exact) mass is 351 g/mol. The number of hydrogen-bond donors (Lipinski definition) is 1. The first-order valence-electron chi connectivity index (χ1n) is 9.22. The first kappa shape index (κ1) is 16.9. The van der Waals surface area contributed by atoms with Gasteiger partial charge in [-0.1, -0.05) is 12.1 Å². The molecule has 0 radical (unpaired) electrons. The van der Waals surface area contributed by atoms with Gasteiger partial charge < -0.3 is 15.0 Å². The molecule has 5 nitrogen and oxygen atoms in total. The Bertz CT molecular complexity index is 830. The quantitative estimate of drug-likeness (QED) is 0.920. The van der Waals surface area contributed by atoms with Crippen LogP contribution in [0.25, 0.3) is 0 Å². The fourth-order valence-electron chi connectivity index (χ4n) is 3.93. The van der Waals surface area contributed by atoms with Gasteiger partial charge in [-0.25, -0.2) is 4.79 Å². The zero-order valence-corrected chi connectivity index (χ0v) is 15.4. The maximum Gasteiger partial charge on any atom is 0.317 e. The Morgan fingerprint density at radius 2 is 2.19 bits per heavy atom. The van der Waals surface area contributed by atoms with Gasteiger partial charge in [0.2, 0.25) is 0 Å². The Balaban J connectivity index is 1.41. The molecule has 0 saturated heterocycles. The van der Waals surface area contributed by atoms with Crippen LogP contribution in [0.15, 0.2) is 36.5 Å². The summed E-state index contributed by atoms with van der Waals surface area (Å²) in [6, 6.07) is 10.3. The molecule has 0 bridgehead atoms. The number of carbonyl (C=O) groups excluding carboxylic acids is 1. The molecule has 2 aliphatic rings. The van der Waals surface area contributed by atoms with Gasteiger partial charge in [0, 0.05) is 43.4 Å². The van der Waals surface area contributed by atoms with Gasteiger partial charge in [0.15, 0.2) is 0 Å². The summed E-state index contributed by atoms with van der Waals surface area (Å²) in [7, 11) is 1.70. The molecule has 0 atom stereocenters. The minimum absolute atomic E-state index is 0.0197. The van der Waals surface area contributed by atoms with Gasteiger partial charge in [0.25, 0.3) is 0 Å². The molecule has 1 saturated carbocycles. The van der Waals surface area contributed by atoms with E-state index in [9.17, 15) is 4.79 Å². The average molecular weight is 351 g/mol. The van der Waals surface area contributed by atoms with Crippen LogP contribution in [-0.4, -0.2) is 36.1 Å². The summed E-state index contributed by atoms with van der Waals surface area (Å²) in [5.74, 6) is 0.902. The van der Waals surface area contributed by atoms with Crippen molar-refractivity contribution in [1.82, 2.24) is 15.2 Å². The van der Waals surface area contributed by atoms with Crippen molar-refractivity contribution >= 4 is 6.03 Å². The molecule has 26 heavy (non-hydrogen) atoms. The molecule has 1 aromatic carbocycles. The second kappa shape index (κ2) is 6.63. The highest BCUT2D eigenvalue weighted by molar-refractivity contribution is 5.75. The lowest BCUT2D eigenvalue weighted by atomic mass is 9.87. The van der Waals surface area contributed by atoms with Crippen LogP contribution in [0.1, 0.15) is 35.2 Å². The number of fused-ring (bicyclic) bond motifs is 2. The van der Waals surface area contributed by atoms with Crippen molar-refractivity contribution in [3.05, 3.63) is 58.9 Å². The van der Waals surface area contributed by atoms with Crippen molar-refractivity contribution in [3.8, 4) is 5.75 Å². The van der Waals surface area contributed by atoms with E-state index in [2.05, 4.69) is 35.4 Å². The van der Waals surface area contributed by atoms with Gasteiger partial charge in [-0.2, -0.15) is 0 Å². The predicted molar refractivity (Wildman–Crippen MR) is 100 cm³/mol.